The van der Waals surface area contributed by atoms with Crippen molar-refractivity contribution in [2.24, 2.45) is 13.0 Å². The van der Waals surface area contributed by atoms with Crippen LogP contribution < -0.4 is 26.0 Å². The molecule has 318 valence electrons. The maximum absolute atomic E-state index is 13.5. The number of aromatic nitrogens is 5. The van der Waals surface area contributed by atoms with E-state index in [2.05, 4.69) is 32.5 Å². The number of carbonyl (C=O) groups is 3. The summed E-state index contributed by atoms with van der Waals surface area (Å²) < 4.78 is 50.8. The number of ether oxygens (including phenoxy) is 1. The number of aryl methyl sites for hydroxylation is 1. The molecule has 1 aromatic carbocycles. The van der Waals surface area contributed by atoms with Gasteiger partial charge in [0, 0.05) is 63.5 Å². The van der Waals surface area contributed by atoms with E-state index in [4.69, 9.17) is 9.72 Å². The third-order valence-corrected chi connectivity index (χ3v) is 12.3. The molecule has 6 heterocycles. The molecular weight excluding hydrogens is 780 g/mol. The number of fused-ring (bicyclic) bond motifs is 2. The quantitative estimate of drug-likeness (QED) is 0.155. The van der Waals surface area contributed by atoms with Gasteiger partial charge in [-0.2, -0.15) is 13.2 Å². The highest BCUT2D eigenvalue weighted by Gasteiger charge is 2.35. The second-order valence-corrected chi connectivity index (χ2v) is 16.7. The third-order valence-electron chi connectivity index (χ3n) is 12.3. The van der Waals surface area contributed by atoms with Crippen LogP contribution in [0.25, 0.3) is 16.7 Å². The molecular formula is C43H50F3N9O5. The third kappa shape index (κ3) is 8.23. The summed E-state index contributed by atoms with van der Waals surface area (Å²) in [5.41, 5.74) is 2.59. The van der Waals surface area contributed by atoms with Gasteiger partial charge in [0.15, 0.2) is 0 Å². The lowest BCUT2D eigenvalue weighted by molar-refractivity contribution is -0.141. The molecule has 2 aliphatic heterocycles. The number of benzene rings is 1. The van der Waals surface area contributed by atoms with Crippen molar-refractivity contribution in [3.8, 4) is 5.75 Å². The van der Waals surface area contributed by atoms with Crippen LogP contribution >= 0.6 is 0 Å². The molecule has 1 saturated carbocycles. The maximum Gasteiger partial charge on any atom is 0.433 e. The van der Waals surface area contributed by atoms with E-state index >= 15 is 0 Å². The zero-order valence-electron chi connectivity index (χ0n) is 34.2. The van der Waals surface area contributed by atoms with Crippen LogP contribution in [0.2, 0.25) is 0 Å². The lowest BCUT2D eigenvalue weighted by Crippen LogP contribution is -2.45. The minimum atomic E-state index is -4.68. The summed E-state index contributed by atoms with van der Waals surface area (Å²) in [6.45, 7) is 6.37. The predicted molar refractivity (Wildman–Crippen MR) is 219 cm³/mol. The fraction of sp³-hybridized carbons (Fsp3) is 0.488. The first-order chi connectivity index (χ1) is 28.6. The first-order valence-corrected chi connectivity index (χ1v) is 20.7. The van der Waals surface area contributed by atoms with E-state index in [0.29, 0.717) is 41.0 Å². The number of amides is 3. The molecule has 1 atom stereocenters. The number of imide groups is 1. The Hall–Kier alpha value is -5.71. The number of imidazole rings is 2. The van der Waals surface area contributed by atoms with Crippen LogP contribution in [-0.2, 0) is 22.8 Å². The number of carbonyl (C=O) groups excluding carboxylic acids is 3. The van der Waals surface area contributed by atoms with E-state index in [1.165, 1.54) is 10.6 Å². The Balaban J connectivity index is 0.880. The summed E-state index contributed by atoms with van der Waals surface area (Å²) in [4.78, 5) is 64.4. The number of nitrogens with one attached hydrogen (secondary N) is 2. The molecule has 3 fully saturated rings. The SMILES string of the molecule is CC(C)Oc1cc2nc([C@H]3CC[C@H](CN(C)C4CCN(c5cccc6c5n(C)c(=O)n6C5CCC(=O)NC5=O)CC4)CC3)cn2cc1NC(=O)c1cccc(C(F)(F)F)n1. The Morgan fingerprint density at radius 3 is 2.42 bits per heavy atom. The van der Waals surface area contributed by atoms with E-state index in [1.807, 2.05) is 42.6 Å². The van der Waals surface area contributed by atoms with Crippen molar-refractivity contribution >= 4 is 45.8 Å². The monoisotopic (exact) mass is 829 g/mol. The van der Waals surface area contributed by atoms with Crippen molar-refractivity contribution in [1.82, 2.24) is 33.7 Å². The lowest BCUT2D eigenvalue weighted by atomic mass is 9.80. The van der Waals surface area contributed by atoms with Gasteiger partial charge in [-0.3, -0.25) is 28.8 Å². The van der Waals surface area contributed by atoms with Crippen molar-refractivity contribution in [3.63, 3.8) is 0 Å². The van der Waals surface area contributed by atoms with Gasteiger partial charge in [0.1, 0.15) is 34.5 Å². The molecule has 60 heavy (non-hydrogen) atoms. The molecule has 17 heteroatoms. The lowest BCUT2D eigenvalue weighted by Gasteiger charge is -2.40. The predicted octanol–water partition coefficient (Wildman–Crippen LogP) is 6.29. The van der Waals surface area contributed by atoms with Crippen LogP contribution in [0.3, 0.4) is 0 Å². The minimum absolute atomic E-state index is 0.197. The Morgan fingerprint density at radius 2 is 1.72 bits per heavy atom. The Bertz CT molecular complexity index is 2490. The van der Waals surface area contributed by atoms with Crippen LogP contribution in [0.5, 0.6) is 5.75 Å². The van der Waals surface area contributed by atoms with Crippen molar-refractivity contribution in [2.75, 3.05) is 36.9 Å². The molecule has 1 unspecified atom stereocenters. The van der Waals surface area contributed by atoms with Crippen molar-refractivity contribution in [1.29, 1.82) is 0 Å². The number of nitrogens with zero attached hydrogens (tertiary/aromatic N) is 7. The average molecular weight is 830 g/mol. The topological polar surface area (TPSA) is 148 Å². The molecule has 1 aliphatic carbocycles. The van der Waals surface area contributed by atoms with Gasteiger partial charge in [0.05, 0.1) is 28.5 Å². The molecule has 14 nitrogen and oxygen atoms in total. The molecule has 0 radical (unpaired) electrons. The summed E-state index contributed by atoms with van der Waals surface area (Å²) in [6, 6.07) is 10.5. The molecule has 0 spiro atoms. The number of para-hydroxylation sites is 1. The number of hydrogen-bond donors (Lipinski definition) is 2. The van der Waals surface area contributed by atoms with Crippen molar-refractivity contribution in [2.45, 2.75) is 95.5 Å². The van der Waals surface area contributed by atoms with Crippen LogP contribution in [0.15, 0.2) is 59.7 Å². The summed E-state index contributed by atoms with van der Waals surface area (Å²) in [7, 11) is 3.96. The van der Waals surface area contributed by atoms with Gasteiger partial charge in [0.2, 0.25) is 11.8 Å². The van der Waals surface area contributed by atoms with Gasteiger partial charge in [-0.25, -0.2) is 14.8 Å². The number of alkyl halides is 3. The normalized spacial score (nSPS) is 20.7. The molecule has 2 N–H and O–H groups in total. The van der Waals surface area contributed by atoms with Crippen molar-refractivity contribution < 1.29 is 32.3 Å². The van der Waals surface area contributed by atoms with Gasteiger partial charge in [-0.05, 0) is 96.0 Å². The second-order valence-electron chi connectivity index (χ2n) is 16.7. The zero-order valence-corrected chi connectivity index (χ0v) is 34.2. The maximum atomic E-state index is 13.5. The average Bonchev–Trinajstić information content (AvgIpc) is 3.74. The van der Waals surface area contributed by atoms with Gasteiger partial charge < -0.3 is 24.3 Å². The number of halogens is 3. The van der Waals surface area contributed by atoms with Gasteiger partial charge in [-0.1, -0.05) is 12.1 Å². The molecule has 0 bridgehead atoms. The summed E-state index contributed by atoms with van der Waals surface area (Å²) in [6.07, 6.45) is 5.28. The molecule has 4 aromatic heterocycles. The van der Waals surface area contributed by atoms with E-state index < -0.39 is 29.7 Å². The van der Waals surface area contributed by atoms with Crippen LogP contribution in [0.4, 0.5) is 24.5 Å². The molecule has 2 saturated heterocycles. The highest BCUT2D eigenvalue weighted by molar-refractivity contribution is 6.04. The van der Waals surface area contributed by atoms with Crippen LogP contribution in [0.1, 0.15) is 99.1 Å². The number of hydrogen-bond acceptors (Lipinski definition) is 9. The van der Waals surface area contributed by atoms with Gasteiger partial charge in [-0.15, -0.1) is 0 Å². The number of piperidine rings is 2. The number of pyridine rings is 2. The van der Waals surface area contributed by atoms with Gasteiger partial charge >= 0.3 is 11.9 Å². The van der Waals surface area contributed by atoms with Crippen LogP contribution in [0, 0.1) is 5.92 Å². The molecule has 8 rings (SSSR count). The smallest absolute Gasteiger partial charge is 0.433 e. The summed E-state index contributed by atoms with van der Waals surface area (Å²) >= 11 is 0. The minimum Gasteiger partial charge on any atom is -0.489 e. The Morgan fingerprint density at radius 1 is 0.983 bits per heavy atom. The molecule has 3 amide bonds. The van der Waals surface area contributed by atoms with Crippen molar-refractivity contribution in [3.05, 3.63) is 82.4 Å². The Labute approximate surface area is 344 Å². The van der Waals surface area contributed by atoms with Gasteiger partial charge in [0.25, 0.3) is 5.91 Å². The fourth-order valence-electron chi connectivity index (χ4n) is 9.23. The fourth-order valence-corrected chi connectivity index (χ4v) is 9.23. The number of rotatable bonds is 10. The first kappa shape index (κ1) is 41.0. The standard InChI is InChI=1S/C43H50F3N9O5/c1-25(2)60-35-21-37-48-30(23-54(37)24-31(35)49-40(57)29-7-5-10-36(47-29)43(44,45)46)27-13-11-26(12-14-27)22-51(3)28-17-19-53(20-18-28)32-8-6-9-33-39(32)52(4)42(59)55(33)34-15-16-38(56)50-41(34)58/h5-10,21,23-28,34H,11-20,22H2,1-4H3,(H,49,57)(H,50,56,58)/t26-,27-,34?. The highest BCUT2D eigenvalue weighted by Crippen LogP contribution is 2.38. The first-order valence-electron chi connectivity index (χ1n) is 20.7. The van der Waals surface area contributed by atoms with Crippen LogP contribution in [-0.4, -0.2) is 85.0 Å². The molecule has 5 aromatic rings. The highest BCUT2D eigenvalue weighted by atomic mass is 19.4. The summed E-state index contributed by atoms with van der Waals surface area (Å²) in [5, 5.41) is 5.08. The number of anilines is 2. The van der Waals surface area contributed by atoms with E-state index in [0.717, 1.165) is 87.2 Å². The Kier molecular flexibility index (Phi) is 11.2. The van der Waals surface area contributed by atoms with E-state index in [1.54, 1.807) is 23.9 Å². The van der Waals surface area contributed by atoms with E-state index in [-0.39, 0.29) is 35.7 Å². The largest absolute Gasteiger partial charge is 0.489 e. The second kappa shape index (κ2) is 16.4. The van der Waals surface area contributed by atoms with E-state index in [9.17, 15) is 32.3 Å². The summed E-state index contributed by atoms with van der Waals surface area (Å²) in [5.74, 6) is -0.364. The zero-order chi connectivity index (χ0) is 42.5. The molecule has 3 aliphatic rings.